The minimum Gasteiger partial charge on any atom is -0.342 e. The van der Waals surface area contributed by atoms with Crippen molar-refractivity contribution in [2.75, 3.05) is 11.0 Å². The third-order valence-electron chi connectivity index (χ3n) is 5.59. The Hall–Kier alpha value is -3.91. The lowest BCUT2D eigenvalue weighted by atomic mass is 10.1. The average molecular weight is 459 g/mol. The van der Waals surface area contributed by atoms with Crippen molar-refractivity contribution in [3.05, 3.63) is 100 Å². The number of anilines is 1. The molecule has 0 atom stereocenters. The van der Waals surface area contributed by atoms with Crippen molar-refractivity contribution in [1.82, 2.24) is 14.3 Å². The van der Waals surface area contributed by atoms with Crippen LogP contribution in [0.5, 0.6) is 0 Å². The number of pyridine rings is 1. The van der Waals surface area contributed by atoms with Gasteiger partial charge in [0.1, 0.15) is 5.69 Å². The van der Waals surface area contributed by atoms with Gasteiger partial charge in [0.25, 0.3) is 5.56 Å². The first-order valence-corrected chi connectivity index (χ1v) is 12.3. The van der Waals surface area contributed by atoms with Crippen molar-refractivity contribution in [2.24, 2.45) is 0 Å². The molecule has 0 bridgehead atoms. The first-order valence-electron chi connectivity index (χ1n) is 10.4. The molecule has 0 amide bonds. The molecule has 166 valence electrons. The molecular formula is C25H22N4O3S. The number of sulfonamides is 1. The van der Waals surface area contributed by atoms with Crippen LogP contribution in [-0.4, -0.2) is 29.0 Å². The van der Waals surface area contributed by atoms with E-state index in [0.29, 0.717) is 23.5 Å². The van der Waals surface area contributed by atoms with E-state index in [1.165, 1.54) is 4.68 Å². The van der Waals surface area contributed by atoms with Crippen LogP contribution in [0.2, 0.25) is 0 Å². The average Bonchev–Trinajstić information content (AvgIpc) is 3.11. The van der Waals surface area contributed by atoms with Crippen LogP contribution in [0.4, 0.5) is 5.69 Å². The molecule has 0 radical (unpaired) electrons. The third-order valence-corrected chi connectivity index (χ3v) is 6.19. The zero-order valence-electron chi connectivity index (χ0n) is 18.2. The number of rotatable bonds is 5. The number of hydrogen-bond acceptors (Lipinski definition) is 4. The smallest absolute Gasteiger partial charge is 0.282 e. The van der Waals surface area contributed by atoms with Crippen molar-refractivity contribution in [1.29, 1.82) is 0 Å². The Labute approximate surface area is 191 Å². The Morgan fingerprint density at radius 2 is 1.64 bits per heavy atom. The van der Waals surface area contributed by atoms with Gasteiger partial charge in [-0.25, -0.2) is 8.42 Å². The minimum absolute atomic E-state index is 0.161. The molecule has 0 aromatic heterocycles. The molecule has 3 aromatic carbocycles. The number of para-hydroxylation sites is 2. The van der Waals surface area contributed by atoms with Crippen LogP contribution in [0.15, 0.2) is 83.8 Å². The van der Waals surface area contributed by atoms with E-state index in [-0.39, 0.29) is 5.56 Å². The Bertz CT molecular complexity index is 1620. The van der Waals surface area contributed by atoms with Crippen LogP contribution in [0.25, 0.3) is 27.8 Å². The summed E-state index contributed by atoms with van der Waals surface area (Å²) in [5.41, 5.74) is 5.24. The highest BCUT2D eigenvalue weighted by Crippen LogP contribution is 2.29. The first kappa shape index (κ1) is 21.0. The fourth-order valence-electron chi connectivity index (χ4n) is 4.06. The van der Waals surface area contributed by atoms with E-state index in [4.69, 9.17) is 5.10 Å². The second-order valence-electron chi connectivity index (χ2n) is 8.11. The standard InChI is InChI=1S/C25H22N4O3S/c1-17-7-3-5-9-22(17)29-25(30)21-16-28(23-10-6-4-8-20(23)24(21)26-29)15-18-11-13-19(14-12-18)27-33(2,31)32/h3-14,16,27H,15H2,1-2H3. The van der Waals surface area contributed by atoms with E-state index in [9.17, 15) is 13.2 Å². The molecule has 0 fully saturated rings. The predicted molar refractivity (Wildman–Crippen MR) is 131 cm³/mol. The zero-order valence-corrected chi connectivity index (χ0v) is 19.0. The van der Waals surface area contributed by atoms with Crippen LogP contribution in [0.3, 0.4) is 0 Å². The highest BCUT2D eigenvalue weighted by Gasteiger charge is 2.21. The quantitative estimate of drug-likeness (QED) is 0.431. The molecule has 2 aliphatic rings. The largest absolute Gasteiger partial charge is 0.342 e. The van der Waals surface area contributed by atoms with Gasteiger partial charge in [-0.05, 0) is 42.3 Å². The van der Waals surface area contributed by atoms with Gasteiger partial charge in [-0.2, -0.15) is 9.78 Å². The third kappa shape index (κ3) is 4.01. The summed E-state index contributed by atoms with van der Waals surface area (Å²) < 4.78 is 28.9. The molecule has 2 heterocycles. The summed E-state index contributed by atoms with van der Waals surface area (Å²) in [4.78, 5) is 13.3. The Morgan fingerprint density at radius 1 is 0.939 bits per heavy atom. The number of nitrogens with zero attached hydrogens (tertiary/aromatic N) is 3. The van der Waals surface area contributed by atoms with Crippen molar-refractivity contribution < 1.29 is 8.42 Å². The van der Waals surface area contributed by atoms with Gasteiger partial charge in [-0.15, -0.1) is 0 Å². The molecule has 0 spiro atoms. The minimum atomic E-state index is -3.33. The molecule has 5 rings (SSSR count). The maximum atomic E-state index is 13.3. The summed E-state index contributed by atoms with van der Waals surface area (Å²) >= 11 is 0. The SMILES string of the molecule is Cc1ccccc1-n1nc2c3ccccc3n(Cc3ccc(NS(C)(=O)=O)cc3)cc-2c1=O. The van der Waals surface area contributed by atoms with E-state index in [0.717, 1.165) is 34.0 Å². The number of fused-ring (bicyclic) bond motifs is 3. The van der Waals surface area contributed by atoms with E-state index >= 15 is 0 Å². The van der Waals surface area contributed by atoms with Gasteiger partial charge in [-0.3, -0.25) is 9.52 Å². The molecule has 0 saturated carbocycles. The van der Waals surface area contributed by atoms with Crippen LogP contribution >= 0.6 is 0 Å². The number of aryl methyl sites for hydroxylation is 1. The van der Waals surface area contributed by atoms with Crippen molar-refractivity contribution in [3.8, 4) is 16.9 Å². The lowest BCUT2D eigenvalue weighted by Gasteiger charge is -2.14. The summed E-state index contributed by atoms with van der Waals surface area (Å²) in [6, 6.07) is 22.8. The number of nitrogens with one attached hydrogen (secondary N) is 1. The molecule has 8 heteroatoms. The fourth-order valence-corrected chi connectivity index (χ4v) is 4.63. The van der Waals surface area contributed by atoms with E-state index in [1.54, 1.807) is 12.1 Å². The molecule has 1 N–H and O–H groups in total. The van der Waals surface area contributed by atoms with Gasteiger partial charge >= 0.3 is 0 Å². The molecular weight excluding hydrogens is 436 g/mol. The number of aromatic nitrogens is 3. The van der Waals surface area contributed by atoms with Crippen molar-refractivity contribution in [2.45, 2.75) is 13.5 Å². The van der Waals surface area contributed by atoms with Crippen molar-refractivity contribution in [3.63, 3.8) is 0 Å². The highest BCUT2D eigenvalue weighted by atomic mass is 32.2. The Morgan fingerprint density at radius 3 is 2.36 bits per heavy atom. The molecule has 3 aromatic rings. The van der Waals surface area contributed by atoms with Crippen molar-refractivity contribution >= 4 is 26.6 Å². The lowest BCUT2D eigenvalue weighted by Crippen LogP contribution is -2.16. The maximum absolute atomic E-state index is 13.3. The summed E-state index contributed by atoms with van der Waals surface area (Å²) in [6.07, 6.45) is 2.97. The second-order valence-corrected chi connectivity index (χ2v) is 9.86. The van der Waals surface area contributed by atoms with E-state index in [1.807, 2.05) is 78.4 Å². The van der Waals surface area contributed by atoms with Gasteiger partial charge in [0, 0.05) is 23.8 Å². The lowest BCUT2D eigenvalue weighted by molar-refractivity contribution is 0.607. The Kier molecular flexibility index (Phi) is 5.02. The molecule has 0 saturated heterocycles. The topological polar surface area (TPSA) is 86.0 Å². The van der Waals surface area contributed by atoms with Crippen LogP contribution < -0.4 is 10.3 Å². The van der Waals surface area contributed by atoms with Gasteiger partial charge < -0.3 is 4.57 Å². The Balaban J connectivity index is 1.62. The molecule has 0 unspecified atom stereocenters. The monoisotopic (exact) mass is 458 g/mol. The molecule has 2 aliphatic heterocycles. The van der Waals surface area contributed by atoms with E-state index < -0.39 is 10.0 Å². The fraction of sp³-hybridized carbons (Fsp3) is 0.120. The summed E-state index contributed by atoms with van der Waals surface area (Å²) in [5.74, 6) is 0. The van der Waals surface area contributed by atoms with Gasteiger partial charge in [0.05, 0.1) is 23.0 Å². The normalized spacial score (nSPS) is 11.8. The number of hydrogen-bond donors (Lipinski definition) is 1. The van der Waals surface area contributed by atoms with Gasteiger partial charge in [0.2, 0.25) is 10.0 Å². The van der Waals surface area contributed by atoms with Gasteiger partial charge in [0.15, 0.2) is 0 Å². The zero-order chi connectivity index (χ0) is 23.2. The van der Waals surface area contributed by atoms with E-state index in [2.05, 4.69) is 4.72 Å². The summed E-state index contributed by atoms with van der Waals surface area (Å²) in [7, 11) is -3.33. The van der Waals surface area contributed by atoms with Gasteiger partial charge in [-0.1, -0.05) is 48.5 Å². The molecule has 33 heavy (non-hydrogen) atoms. The molecule has 0 aliphatic carbocycles. The first-order chi connectivity index (χ1) is 15.8. The second kappa shape index (κ2) is 7.90. The number of benzene rings is 3. The molecule has 7 nitrogen and oxygen atoms in total. The predicted octanol–water partition coefficient (Wildman–Crippen LogP) is 4.02. The highest BCUT2D eigenvalue weighted by molar-refractivity contribution is 7.92. The maximum Gasteiger partial charge on any atom is 0.282 e. The summed E-state index contributed by atoms with van der Waals surface area (Å²) in [5, 5.41) is 5.59. The van der Waals surface area contributed by atoms with Crippen LogP contribution in [-0.2, 0) is 16.6 Å². The van der Waals surface area contributed by atoms with Crippen LogP contribution in [0.1, 0.15) is 11.1 Å². The summed E-state index contributed by atoms with van der Waals surface area (Å²) in [6.45, 7) is 2.48. The van der Waals surface area contributed by atoms with Crippen LogP contribution in [0, 0.1) is 6.92 Å².